The maximum atomic E-state index is 6.06. The number of pyridine rings is 1. The molecule has 0 unspecified atom stereocenters. The van der Waals surface area contributed by atoms with Crippen molar-refractivity contribution in [2.24, 2.45) is 0 Å². The van der Waals surface area contributed by atoms with Crippen molar-refractivity contribution in [2.75, 3.05) is 6.26 Å². The van der Waals surface area contributed by atoms with Crippen LogP contribution in [0, 0.1) is 0 Å². The molecule has 4 aromatic rings. The molecule has 144 valence electrons. The largest absolute Gasteiger partial charge is 0.487 e. The van der Waals surface area contributed by atoms with Gasteiger partial charge >= 0.3 is 0 Å². The summed E-state index contributed by atoms with van der Waals surface area (Å²) in [5.74, 6) is 0.775. The molecular formula is C25H20ClNOS. The molecular weight excluding hydrogens is 398 g/mol. The number of nitrogens with zero attached hydrogens (tertiary/aromatic N) is 1. The van der Waals surface area contributed by atoms with Crippen molar-refractivity contribution in [1.29, 1.82) is 0 Å². The van der Waals surface area contributed by atoms with E-state index >= 15 is 0 Å². The summed E-state index contributed by atoms with van der Waals surface area (Å²) >= 11 is 7.70. The minimum absolute atomic E-state index is 0.472. The lowest BCUT2D eigenvalue weighted by molar-refractivity contribution is 0.309. The molecule has 0 N–H and O–H groups in total. The van der Waals surface area contributed by atoms with Gasteiger partial charge in [-0.05, 0) is 59.9 Å². The minimum Gasteiger partial charge on any atom is -0.487 e. The van der Waals surface area contributed by atoms with Gasteiger partial charge < -0.3 is 4.74 Å². The van der Waals surface area contributed by atoms with E-state index in [9.17, 15) is 0 Å². The zero-order valence-electron chi connectivity index (χ0n) is 16.0. The first-order valence-electron chi connectivity index (χ1n) is 9.30. The molecule has 0 aliphatic rings. The molecule has 0 fully saturated rings. The van der Waals surface area contributed by atoms with Gasteiger partial charge in [-0.25, -0.2) is 4.98 Å². The Kier molecular flexibility index (Phi) is 6.18. The highest BCUT2D eigenvalue weighted by atomic mass is 35.5. The minimum atomic E-state index is 0.472. The summed E-state index contributed by atoms with van der Waals surface area (Å²) < 4.78 is 6.06. The lowest BCUT2D eigenvalue weighted by Crippen LogP contribution is -1.97. The Morgan fingerprint density at radius 1 is 0.897 bits per heavy atom. The topological polar surface area (TPSA) is 22.1 Å². The van der Waals surface area contributed by atoms with Gasteiger partial charge in [0, 0.05) is 15.3 Å². The first-order chi connectivity index (χ1) is 14.2. The Morgan fingerprint density at radius 2 is 1.69 bits per heavy atom. The molecule has 0 saturated carbocycles. The number of para-hydroxylation sites is 1. The average molecular weight is 418 g/mol. The molecule has 1 heterocycles. The van der Waals surface area contributed by atoms with E-state index in [1.807, 2.05) is 54.6 Å². The van der Waals surface area contributed by atoms with E-state index in [0.717, 1.165) is 38.5 Å². The van der Waals surface area contributed by atoms with E-state index in [2.05, 4.69) is 42.7 Å². The first-order valence-corrected chi connectivity index (χ1v) is 10.9. The Hall–Kier alpha value is -2.75. The molecule has 29 heavy (non-hydrogen) atoms. The number of halogens is 1. The molecule has 4 rings (SSSR count). The van der Waals surface area contributed by atoms with Gasteiger partial charge in [-0.3, -0.25) is 0 Å². The molecule has 0 amide bonds. The van der Waals surface area contributed by atoms with Crippen molar-refractivity contribution in [3.8, 4) is 5.75 Å². The number of hydrogen-bond donors (Lipinski definition) is 0. The third kappa shape index (κ3) is 5.00. The number of rotatable bonds is 6. The van der Waals surface area contributed by atoms with E-state index in [-0.39, 0.29) is 0 Å². The summed E-state index contributed by atoms with van der Waals surface area (Å²) in [6.45, 7) is 0.472. The van der Waals surface area contributed by atoms with Gasteiger partial charge in [-0.2, -0.15) is 0 Å². The number of aromatic nitrogens is 1. The summed E-state index contributed by atoms with van der Waals surface area (Å²) in [5, 5.41) is 1.78. The Balaban J connectivity index is 1.56. The van der Waals surface area contributed by atoms with Crippen molar-refractivity contribution >= 4 is 46.4 Å². The highest BCUT2D eigenvalue weighted by Gasteiger charge is 2.05. The third-order valence-electron chi connectivity index (χ3n) is 4.57. The summed E-state index contributed by atoms with van der Waals surface area (Å²) in [6.07, 6.45) is 6.19. The van der Waals surface area contributed by atoms with Crippen molar-refractivity contribution < 1.29 is 4.74 Å². The predicted octanol–water partition coefficient (Wildman–Crippen LogP) is 7.36. The van der Waals surface area contributed by atoms with Crippen LogP contribution in [0.1, 0.15) is 16.8 Å². The molecule has 0 bridgehead atoms. The average Bonchev–Trinajstić information content (AvgIpc) is 2.77. The highest BCUT2D eigenvalue weighted by Crippen LogP contribution is 2.26. The molecule has 0 aliphatic carbocycles. The zero-order chi connectivity index (χ0) is 20.1. The van der Waals surface area contributed by atoms with Gasteiger partial charge in [0.1, 0.15) is 17.9 Å². The van der Waals surface area contributed by atoms with Crippen LogP contribution >= 0.6 is 23.4 Å². The van der Waals surface area contributed by atoms with E-state index in [0.29, 0.717) is 6.61 Å². The van der Waals surface area contributed by atoms with E-state index in [1.54, 1.807) is 11.8 Å². The third-order valence-corrected chi connectivity index (χ3v) is 5.57. The maximum absolute atomic E-state index is 6.06. The molecule has 0 atom stereocenters. The second-order valence-electron chi connectivity index (χ2n) is 6.59. The van der Waals surface area contributed by atoms with Crippen LogP contribution in [-0.4, -0.2) is 11.2 Å². The van der Waals surface area contributed by atoms with Crippen LogP contribution in [0.15, 0.2) is 83.8 Å². The Morgan fingerprint density at radius 3 is 2.45 bits per heavy atom. The fraction of sp³-hybridized carbons (Fsp3) is 0.0800. The van der Waals surface area contributed by atoms with E-state index in [4.69, 9.17) is 21.3 Å². The summed E-state index contributed by atoms with van der Waals surface area (Å²) in [7, 11) is 0. The standard InChI is InChI=1S/C25H20ClNOS/c1-29-23-15-8-18(9-16-23)7-13-22-14-10-20-3-2-4-24(25(20)27-22)28-17-19-5-11-21(26)12-6-19/h2-16H,17H2,1H3/b13-7+. The monoisotopic (exact) mass is 417 g/mol. The Labute approximate surface area is 180 Å². The Bertz CT molecular complexity index is 1140. The molecule has 3 aromatic carbocycles. The van der Waals surface area contributed by atoms with Gasteiger partial charge in [0.05, 0.1) is 5.69 Å². The van der Waals surface area contributed by atoms with Gasteiger partial charge in [0.15, 0.2) is 0 Å². The molecule has 0 saturated heterocycles. The van der Waals surface area contributed by atoms with Gasteiger partial charge in [0.2, 0.25) is 0 Å². The quantitative estimate of drug-likeness (QED) is 0.306. The van der Waals surface area contributed by atoms with Crippen LogP contribution in [0.25, 0.3) is 23.1 Å². The lowest BCUT2D eigenvalue weighted by atomic mass is 10.1. The van der Waals surface area contributed by atoms with E-state index in [1.165, 1.54) is 4.90 Å². The summed E-state index contributed by atoms with van der Waals surface area (Å²) in [6, 6.07) is 26.3. The predicted molar refractivity (Wildman–Crippen MR) is 125 cm³/mol. The van der Waals surface area contributed by atoms with Crippen LogP contribution in [0.2, 0.25) is 5.02 Å². The molecule has 4 heteroatoms. The van der Waals surface area contributed by atoms with Gasteiger partial charge in [0.25, 0.3) is 0 Å². The lowest BCUT2D eigenvalue weighted by Gasteiger charge is -2.09. The van der Waals surface area contributed by atoms with Crippen molar-refractivity contribution in [3.05, 3.63) is 101 Å². The molecule has 1 aromatic heterocycles. The normalized spacial score (nSPS) is 11.2. The SMILES string of the molecule is CSc1ccc(/C=C/c2ccc3cccc(OCc4ccc(Cl)cc4)c3n2)cc1. The second kappa shape index (κ2) is 9.17. The zero-order valence-corrected chi connectivity index (χ0v) is 17.6. The number of ether oxygens (including phenoxy) is 1. The van der Waals surface area contributed by atoms with Crippen molar-refractivity contribution in [2.45, 2.75) is 11.5 Å². The van der Waals surface area contributed by atoms with Crippen LogP contribution < -0.4 is 4.74 Å². The summed E-state index contributed by atoms with van der Waals surface area (Å²) in [4.78, 5) is 6.07. The maximum Gasteiger partial charge on any atom is 0.146 e. The highest BCUT2D eigenvalue weighted by molar-refractivity contribution is 7.98. The van der Waals surface area contributed by atoms with E-state index < -0.39 is 0 Å². The van der Waals surface area contributed by atoms with Crippen molar-refractivity contribution in [1.82, 2.24) is 4.98 Å². The number of hydrogen-bond acceptors (Lipinski definition) is 3. The van der Waals surface area contributed by atoms with Gasteiger partial charge in [-0.1, -0.05) is 60.1 Å². The number of thioether (sulfide) groups is 1. The smallest absolute Gasteiger partial charge is 0.146 e. The fourth-order valence-electron chi connectivity index (χ4n) is 2.98. The number of benzene rings is 3. The van der Waals surface area contributed by atoms with Gasteiger partial charge in [-0.15, -0.1) is 11.8 Å². The van der Waals surface area contributed by atoms with Crippen LogP contribution in [-0.2, 0) is 6.61 Å². The first kappa shape index (κ1) is 19.6. The molecule has 0 spiro atoms. The second-order valence-corrected chi connectivity index (χ2v) is 7.90. The van der Waals surface area contributed by atoms with Crippen LogP contribution in [0.5, 0.6) is 5.75 Å². The van der Waals surface area contributed by atoms with Crippen LogP contribution in [0.3, 0.4) is 0 Å². The molecule has 0 radical (unpaired) electrons. The fourth-order valence-corrected chi connectivity index (χ4v) is 3.52. The molecule has 2 nitrogen and oxygen atoms in total. The number of fused-ring (bicyclic) bond motifs is 1. The summed E-state index contributed by atoms with van der Waals surface area (Å²) in [5.41, 5.74) is 3.98. The molecule has 0 aliphatic heterocycles. The van der Waals surface area contributed by atoms with Crippen molar-refractivity contribution in [3.63, 3.8) is 0 Å². The van der Waals surface area contributed by atoms with Crippen LogP contribution in [0.4, 0.5) is 0 Å².